The van der Waals surface area contributed by atoms with E-state index in [0.29, 0.717) is 0 Å². The normalized spacial score (nSPS) is 11.0. The molecule has 3 aromatic heterocycles. The van der Waals surface area contributed by atoms with Crippen molar-refractivity contribution in [3.63, 3.8) is 0 Å². The van der Waals surface area contributed by atoms with Gasteiger partial charge in [-0.25, -0.2) is 4.52 Å². The molecule has 2 nitrogen and oxygen atoms in total. The molecule has 0 radical (unpaired) electrons. The van der Waals surface area contributed by atoms with Gasteiger partial charge in [0, 0.05) is 16.6 Å². The molecule has 3 heterocycles. The molecule has 15 heavy (non-hydrogen) atoms. The third kappa shape index (κ3) is 1.36. The van der Waals surface area contributed by atoms with Crippen LogP contribution in [0.4, 0.5) is 0 Å². The van der Waals surface area contributed by atoms with Crippen molar-refractivity contribution < 1.29 is 0 Å². The third-order valence-electron chi connectivity index (χ3n) is 2.46. The van der Waals surface area contributed by atoms with Gasteiger partial charge in [-0.15, -0.1) is 11.3 Å². The van der Waals surface area contributed by atoms with Crippen LogP contribution < -0.4 is 0 Å². The van der Waals surface area contributed by atoms with E-state index in [-0.39, 0.29) is 0 Å². The number of pyridine rings is 1. The summed E-state index contributed by atoms with van der Waals surface area (Å²) in [4.78, 5) is 1.27. The Morgan fingerprint density at radius 2 is 2.27 bits per heavy atom. The van der Waals surface area contributed by atoms with Gasteiger partial charge in [0.05, 0.1) is 11.7 Å². The minimum absolute atomic E-state index is 1.18. The lowest BCUT2D eigenvalue weighted by atomic mass is 10.2. The van der Waals surface area contributed by atoms with Crippen LogP contribution in [0.2, 0.25) is 0 Å². The predicted molar refractivity (Wildman–Crippen MR) is 63.2 cm³/mol. The first-order valence-electron chi connectivity index (χ1n) is 4.82. The highest BCUT2D eigenvalue weighted by molar-refractivity contribution is 7.13. The zero-order chi connectivity index (χ0) is 10.3. The van der Waals surface area contributed by atoms with Gasteiger partial charge in [-0.2, -0.15) is 5.10 Å². The van der Waals surface area contributed by atoms with Gasteiger partial charge in [-0.05, 0) is 36.1 Å². The largest absolute Gasteiger partial charge is 0.240 e. The van der Waals surface area contributed by atoms with E-state index in [9.17, 15) is 0 Å². The fourth-order valence-corrected chi connectivity index (χ4v) is 2.45. The Balaban J connectivity index is 2.32. The summed E-state index contributed by atoms with van der Waals surface area (Å²) in [6.07, 6.45) is 3.93. The molecule has 3 heteroatoms. The van der Waals surface area contributed by atoms with Crippen LogP contribution in [0.1, 0.15) is 5.56 Å². The van der Waals surface area contributed by atoms with Crippen molar-refractivity contribution in [3.05, 3.63) is 47.6 Å². The van der Waals surface area contributed by atoms with Gasteiger partial charge >= 0.3 is 0 Å². The highest BCUT2D eigenvalue weighted by Gasteiger charge is 2.06. The number of aromatic nitrogens is 2. The van der Waals surface area contributed by atoms with Crippen LogP contribution in [-0.4, -0.2) is 9.61 Å². The van der Waals surface area contributed by atoms with Gasteiger partial charge < -0.3 is 0 Å². The number of aryl methyl sites for hydroxylation is 1. The Morgan fingerprint density at radius 1 is 1.33 bits per heavy atom. The average molecular weight is 214 g/mol. The number of thiophene rings is 1. The fourth-order valence-electron chi connectivity index (χ4n) is 1.71. The lowest BCUT2D eigenvalue weighted by Gasteiger charge is -1.97. The number of hydrogen-bond acceptors (Lipinski definition) is 2. The summed E-state index contributed by atoms with van der Waals surface area (Å²) in [5, 5.41) is 6.43. The Hall–Kier alpha value is -1.61. The summed E-state index contributed by atoms with van der Waals surface area (Å²) < 4.78 is 1.92. The number of rotatable bonds is 1. The molecule has 0 saturated carbocycles. The maximum absolute atomic E-state index is 4.34. The maximum Gasteiger partial charge on any atom is 0.0750 e. The number of hydrogen-bond donors (Lipinski definition) is 0. The van der Waals surface area contributed by atoms with E-state index < -0.39 is 0 Å². The maximum atomic E-state index is 4.34. The van der Waals surface area contributed by atoms with E-state index in [1.807, 2.05) is 16.9 Å². The quantitative estimate of drug-likeness (QED) is 0.607. The first-order chi connectivity index (χ1) is 7.34. The molecule has 0 bridgehead atoms. The second-order valence-electron chi connectivity index (χ2n) is 3.57. The third-order valence-corrected chi connectivity index (χ3v) is 3.37. The van der Waals surface area contributed by atoms with Crippen molar-refractivity contribution in [2.24, 2.45) is 0 Å². The summed E-state index contributed by atoms with van der Waals surface area (Å²) in [5.74, 6) is 0. The molecule has 0 spiro atoms. The number of fused-ring (bicyclic) bond motifs is 1. The molecule has 0 atom stereocenters. The minimum atomic E-state index is 1.18. The molecule has 0 saturated heterocycles. The topological polar surface area (TPSA) is 17.3 Å². The Kier molecular flexibility index (Phi) is 1.86. The van der Waals surface area contributed by atoms with E-state index in [2.05, 4.69) is 41.7 Å². The summed E-state index contributed by atoms with van der Waals surface area (Å²) >= 11 is 1.75. The summed E-state index contributed by atoms with van der Waals surface area (Å²) in [6, 6.07) is 8.43. The molecule has 0 N–H and O–H groups in total. The molecule has 0 aromatic carbocycles. The molecule has 0 amide bonds. The molecule has 3 rings (SSSR count). The molecule has 0 aliphatic carbocycles. The second kappa shape index (κ2) is 3.21. The van der Waals surface area contributed by atoms with Crippen molar-refractivity contribution in [1.82, 2.24) is 9.61 Å². The molecular formula is C12H10N2S. The lowest BCUT2D eigenvalue weighted by Crippen LogP contribution is -1.85. The van der Waals surface area contributed by atoms with Crippen molar-refractivity contribution in [1.29, 1.82) is 0 Å². The lowest BCUT2D eigenvalue weighted by molar-refractivity contribution is 0.958. The number of nitrogens with zero attached hydrogens (tertiary/aromatic N) is 2. The van der Waals surface area contributed by atoms with Gasteiger partial charge in [0.15, 0.2) is 0 Å². The van der Waals surface area contributed by atoms with Gasteiger partial charge in [0.25, 0.3) is 0 Å². The van der Waals surface area contributed by atoms with Gasteiger partial charge in [0.1, 0.15) is 0 Å². The zero-order valence-electron chi connectivity index (χ0n) is 8.34. The van der Waals surface area contributed by atoms with Gasteiger partial charge in [0.2, 0.25) is 0 Å². The van der Waals surface area contributed by atoms with Crippen molar-refractivity contribution in [3.8, 4) is 10.4 Å². The predicted octanol–water partition coefficient (Wildman–Crippen LogP) is 3.37. The monoisotopic (exact) mass is 214 g/mol. The molecular weight excluding hydrogens is 204 g/mol. The Labute approximate surface area is 91.8 Å². The van der Waals surface area contributed by atoms with Crippen molar-refractivity contribution in [2.45, 2.75) is 6.92 Å². The van der Waals surface area contributed by atoms with Crippen LogP contribution in [0.3, 0.4) is 0 Å². The Bertz CT molecular complexity index is 593. The van der Waals surface area contributed by atoms with Crippen LogP contribution in [0.15, 0.2) is 42.0 Å². The fraction of sp³-hybridized carbons (Fsp3) is 0.0833. The summed E-state index contributed by atoms with van der Waals surface area (Å²) in [7, 11) is 0. The molecule has 0 unspecified atom stereocenters. The van der Waals surface area contributed by atoms with Crippen LogP contribution in [0.25, 0.3) is 16.0 Å². The van der Waals surface area contributed by atoms with E-state index in [1.165, 1.54) is 21.5 Å². The zero-order valence-corrected chi connectivity index (χ0v) is 9.16. The van der Waals surface area contributed by atoms with Crippen molar-refractivity contribution >= 4 is 16.9 Å². The van der Waals surface area contributed by atoms with Gasteiger partial charge in [-0.3, -0.25) is 0 Å². The standard InChI is InChI=1S/C12H10N2S/c1-9-4-5-14-11(7-9)10(8-13-14)12-3-2-6-15-12/h2-8H,1H3. The first kappa shape index (κ1) is 8.68. The first-order valence-corrected chi connectivity index (χ1v) is 5.70. The van der Waals surface area contributed by atoms with Crippen LogP contribution in [0.5, 0.6) is 0 Å². The highest BCUT2D eigenvalue weighted by atomic mass is 32.1. The molecule has 0 aliphatic heterocycles. The molecule has 0 aliphatic rings. The molecule has 0 fully saturated rings. The molecule has 3 aromatic rings. The smallest absolute Gasteiger partial charge is 0.0750 e. The molecule has 74 valence electrons. The summed E-state index contributed by atoms with van der Waals surface area (Å²) in [5.41, 5.74) is 3.66. The van der Waals surface area contributed by atoms with Crippen LogP contribution >= 0.6 is 11.3 Å². The van der Waals surface area contributed by atoms with E-state index in [1.54, 1.807) is 11.3 Å². The average Bonchev–Trinajstić information content (AvgIpc) is 2.83. The van der Waals surface area contributed by atoms with Gasteiger partial charge in [-0.1, -0.05) is 6.07 Å². The summed E-state index contributed by atoms with van der Waals surface area (Å²) in [6.45, 7) is 2.10. The van der Waals surface area contributed by atoms with E-state index in [0.717, 1.165) is 0 Å². The van der Waals surface area contributed by atoms with Crippen LogP contribution in [0, 0.1) is 6.92 Å². The minimum Gasteiger partial charge on any atom is -0.240 e. The SMILES string of the molecule is Cc1ccn2ncc(-c3cccs3)c2c1. The Morgan fingerprint density at radius 3 is 3.07 bits per heavy atom. The second-order valence-corrected chi connectivity index (χ2v) is 4.52. The highest BCUT2D eigenvalue weighted by Crippen LogP contribution is 2.28. The van der Waals surface area contributed by atoms with Crippen molar-refractivity contribution in [2.75, 3.05) is 0 Å². The van der Waals surface area contributed by atoms with E-state index >= 15 is 0 Å². The van der Waals surface area contributed by atoms with E-state index in [4.69, 9.17) is 0 Å². The van der Waals surface area contributed by atoms with Crippen LogP contribution in [-0.2, 0) is 0 Å².